The molecule has 0 saturated carbocycles. The summed E-state index contributed by atoms with van der Waals surface area (Å²) in [5.74, 6) is 0.172. The minimum Gasteiger partial charge on any atom is -0.385 e. The number of ether oxygens (including phenoxy) is 1. The lowest BCUT2D eigenvalue weighted by molar-refractivity contribution is 0.189. The molecule has 2 aromatic carbocycles. The molecule has 130 valence electrons. The number of hydrogen-bond acceptors (Lipinski definition) is 4. The second-order valence-corrected chi connectivity index (χ2v) is 6.54. The van der Waals surface area contributed by atoms with Gasteiger partial charge < -0.3 is 4.74 Å². The number of para-hydroxylation sites is 1. The topological polar surface area (TPSA) is 44.1 Å². The molecule has 1 heterocycles. The lowest BCUT2D eigenvalue weighted by Gasteiger charge is -2.13. The highest BCUT2D eigenvalue weighted by molar-refractivity contribution is 7.98. The number of halogens is 1. The quantitative estimate of drug-likeness (QED) is 0.365. The van der Waals surface area contributed by atoms with E-state index in [0.29, 0.717) is 46.9 Å². The fourth-order valence-electron chi connectivity index (χ4n) is 2.58. The zero-order valence-corrected chi connectivity index (χ0v) is 14.8. The highest BCUT2D eigenvalue weighted by Gasteiger charge is 2.12. The number of methoxy groups -OCH3 is 1. The van der Waals surface area contributed by atoms with E-state index in [1.54, 1.807) is 35.9 Å². The van der Waals surface area contributed by atoms with Crippen molar-refractivity contribution >= 4 is 22.7 Å². The molecule has 0 N–H and O–H groups in total. The van der Waals surface area contributed by atoms with Gasteiger partial charge in [-0.1, -0.05) is 42.1 Å². The van der Waals surface area contributed by atoms with Crippen molar-refractivity contribution in [2.45, 2.75) is 23.9 Å². The number of rotatable bonds is 7. The zero-order valence-electron chi connectivity index (χ0n) is 13.9. The Morgan fingerprint density at radius 2 is 1.92 bits per heavy atom. The Morgan fingerprint density at radius 3 is 2.72 bits per heavy atom. The Kier molecular flexibility index (Phi) is 5.83. The van der Waals surface area contributed by atoms with Crippen molar-refractivity contribution in [3.05, 3.63) is 70.3 Å². The molecule has 0 saturated heterocycles. The molecule has 1 aromatic heterocycles. The lowest BCUT2D eigenvalue weighted by atomic mass is 10.2. The van der Waals surface area contributed by atoms with Gasteiger partial charge >= 0.3 is 0 Å². The van der Waals surface area contributed by atoms with Crippen molar-refractivity contribution in [2.24, 2.45) is 0 Å². The number of benzene rings is 2. The molecule has 0 spiro atoms. The van der Waals surface area contributed by atoms with Crippen LogP contribution in [0.4, 0.5) is 4.39 Å². The monoisotopic (exact) mass is 358 g/mol. The summed E-state index contributed by atoms with van der Waals surface area (Å²) >= 11 is 1.37. The van der Waals surface area contributed by atoms with Crippen LogP contribution >= 0.6 is 11.8 Å². The smallest absolute Gasteiger partial charge is 0.262 e. The third-order valence-electron chi connectivity index (χ3n) is 3.87. The largest absolute Gasteiger partial charge is 0.385 e. The molecule has 4 nitrogen and oxygen atoms in total. The molecule has 0 radical (unpaired) electrons. The van der Waals surface area contributed by atoms with Crippen LogP contribution in [0.2, 0.25) is 0 Å². The van der Waals surface area contributed by atoms with Gasteiger partial charge in [-0.15, -0.1) is 0 Å². The molecule has 0 unspecified atom stereocenters. The van der Waals surface area contributed by atoms with E-state index >= 15 is 0 Å². The van der Waals surface area contributed by atoms with E-state index in [2.05, 4.69) is 4.98 Å². The van der Waals surface area contributed by atoms with Crippen molar-refractivity contribution in [1.29, 1.82) is 0 Å². The number of thioether (sulfide) groups is 1. The molecular weight excluding hydrogens is 339 g/mol. The summed E-state index contributed by atoms with van der Waals surface area (Å²) in [7, 11) is 1.63. The summed E-state index contributed by atoms with van der Waals surface area (Å²) in [4.78, 5) is 17.4. The van der Waals surface area contributed by atoms with Gasteiger partial charge in [0.15, 0.2) is 5.16 Å². The molecule has 0 aliphatic rings. The summed E-state index contributed by atoms with van der Waals surface area (Å²) in [6.45, 7) is 1.08. The van der Waals surface area contributed by atoms with Crippen LogP contribution in [0.5, 0.6) is 0 Å². The Hall–Kier alpha value is -2.18. The lowest BCUT2D eigenvalue weighted by Crippen LogP contribution is -2.24. The van der Waals surface area contributed by atoms with E-state index in [1.165, 1.54) is 17.8 Å². The third kappa shape index (κ3) is 4.08. The first-order valence-corrected chi connectivity index (χ1v) is 9.04. The van der Waals surface area contributed by atoms with Crippen LogP contribution in [-0.2, 0) is 17.0 Å². The zero-order chi connectivity index (χ0) is 17.6. The molecule has 25 heavy (non-hydrogen) atoms. The van der Waals surface area contributed by atoms with Crippen LogP contribution in [0.25, 0.3) is 10.9 Å². The number of aromatic nitrogens is 2. The third-order valence-corrected chi connectivity index (χ3v) is 4.90. The van der Waals surface area contributed by atoms with Gasteiger partial charge in [0, 0.05) is 26.0 Å². The molecule has 0 aliphatic heterocycles. The fourth-order valence-corrected chi connectivity index (χ4v) is 3.59. The predicted octanol–water partition coefficient (Wildman–Crippen LogP) is 3.86. The first-order valence-electron chi connectivity index (χ1n) is 8.05. The van der Waals surface area contributed by atoms with E-state index in [-0.39, 0.29) is 11.4 Å². The Morgan fingerprint density at radius 1 is 1.16 bits per heavy atom. The van der Waals surface area contributed by atoms with Gasteiger partial charge in [0.1, 0.15) is 5.82 Å². The molecule has 3 rings (SSSR count). The van der Waals surface area contributed by atoms with Gasteiger partial charge in [-0.3, -0.25) is 9.36 Å². The summed E-state index contributed by atoms with van der Waals surface area (Å²) in [5.41, 5.74) is 1.18. The second-order valence-electron chi connectivity index (χ2n) is 5.59. The molecule has 0 atom stereocenters. The fraction of sp³-hybridized carbons (Fsp3) is 0.263. The van der Waals surface area contributed by atoms with Crippen LogP contribution in [0.15, 0.2) is 58.5 Å². The Balaban J connectivity index is 1.95. The van der Waals surface area contributed by atoms with Crippen LogP contribution in [-0.4, -0.2) is 23.3 Å². The minimum atomic E-state index is -0.246. The maximum atomic E-state index is 13.9. The highest BCUT2D eigenvalue weighted by Crippen LogP contribution is 2.23. The van der Waals surface area contributed by atoms with Crippen LogP contribution in [0.1, 0.15) is 12.0 Å². The van der Waals surface area contributed by atoms with Gasteiger partial charge in [0.25, 0.3) is 5.56 Å². The molecule has 0 bridgehead atoms. The average Bonchev–Trinajstić information content (AvgIpc) is 2.63. The standard InChI is InChI=1S/C19H19FN2O2S/c1-24-12-6-11-22-18(23)15-8-3-5-10-17(15)21-19(22)25-13-14-7-2-4-9-16(14)20/h2-5,7-10H,6,11-13H2,1H3. The normalized spacial score (nSPS) is 11.1. The second kappa shape index (κ2) is 8.27. The molecule has 0 fully saturated rings. The summed E-state index contributed by atoms with van der Waals surface area (Å²) in [6, 6.07) is 13.9. The molecule has 3 aromatic rings. The van der Waals surface area contributed by atoms with Crippen molar-refractivity contribution in [1.82, 2.24) is 9.55 Å². The van der Waals surface area contributed by atoms with Crippen LogP contribution < -0.4 is 5.56 Å². The Bertz CT molecular complexity index is 927. The van der Waals surface area contributed by atoms with Gasteiger partial charge in [-0.2, -0.15) is 0 Å². The van der Waals surface area contributed by atoms with Crippen LogP contribution in [0, 0.1) is 5.82 Å². The highest BCUT2D eigenvalue weighted by atomic mass is 32.2. The Labute approximate surface area is 149 Å². The van der Waals surface area contributed by atoms with Gasteiger partial charge in [-0.25, -0.2) is 9.37 Å². The van der Waals surface area contributed by atoms with Crippen molar-refractivity contribution in [2.75, 3.05) is 13.7 Å². The first-order chi connectivity index (χ1) is 12.2. The first kappa shape index (κ1) is 17.6. The summed E-state index contributed by atoms with van der Waals surface area (Å²) in [5, 5.41) is 1.19. The molecule has 0 aliphatic carbocycles. The van der Waals surface area contributed by atoms with Gasteiger partial charge in [-0.05, 0) is 30.2 Å². The maximum Gasteiger partial charge on any atom is 0.262 e. The van der Waals surface area contributed by atoms with E-state index in [4.69, 9.17) is 4.74 Å². The van der Waals surface area contributed by atoms with E-state index in [0.717, 1.165) is 0 Å². The average molecular weight is 358 g/mol. The summed E-state index contributed by atoms with van der Waals surface area (Å²) in [6.07, 6.45) is 0.712. The minimum absolute atomic E-state index is 0.0715. The summed E-state index contributed by atoms with van der Waals surface area (Å²) < 4.78 is 20.6. The van der Waals surface area contributed by atoms with E-state index in [9.17, 15) is 9.18 Å². The van der Waals surface area contributed by atoms with Crippen molar-refractivity contribution in [3.8, 4) is 0 Å². The molecule has 6 heteroatoms. The predicted molar refractivity (Wildman–Crippen MR) is 98.5 cm³/mol. The van der Waals surface area contributed by atoms with E-state index < -0.39 is 0 Å². The number of fused-ring (bicyclic) bond motifs is 1. The number of nitrogens with zero attached hydrogens (tertiary/aromatic N) is 2. The maximum absolute atomic E-state index is 13.9. The van der Waals surface area contributed by atoms with Gasteiger partial charge in [0.2, 0.25) is 0 Å². The van der Waals surface area contributed by atoms with Crippen molar-refractivity contribution in [3.63, 3.8) is 0 Å². The van der Waals surface area contributed by atoms with Crippen LogP contribution in [0.3, 0.4) is 0 Å². The molecular formula is C19H19FN2O2S. The molecule has 0 amide bonds. The SMILES string of the molecule is COCCCn1c(SCc2ccccc2F)nc2ccccc2c1=O. The number of hydrogen-bond donors (Lipinski definition) is 0. The van der Waals surface area contributed by atoms with Crippen molar-refractivity contribution < 1.29 is 9.13 Å². The van der Waals surface area contributed by atoms with Gasteiger partial charge in [0.05, 0.1) is 10.9 Å². The van der Waals surface area contributed by atoms with E-state index in [1.807, 2.05) is 18.2 Å².